The van der Waals surface area contributed by atoms with E-state index in [9.17, 15) is 53.4 Å². The van der Waals surface area contributed by atoms with Crippen molar-refractivity contribution in [2.24, 2.45) is 55.1 Å². The highest BCUT2D eigenvalue weighted by molar-refractivity contribution is 5.98. The van der Waals surface area contributed by atoms with Crippen molar-refractivity contribution in [1.29, 1.82) is 0 Å². The fourth-order valence-corrected chi connectivity index (χ4v) is 9.12. The highest BCUT2D eigenvalue weighted by Crippen LogP contribution is 2.21. The second-order valence-corrected chi connectivity index (χ2v) is 19.3. The van der Waals surface area contributed by atoms with Crippen LogP contribution in [-0.2, 0) is 56.0 Å². The summed E-state index contributed by atoms with van der Waals surface area (Å²) in [4.78, 5) is 137. The van der Waals surface area contributed by atoms with Crippen molar-refractivity contribution < 1.29 is 53.4 Å². The lowest BCUT2D eigenvalue weighted by atomic mass is 10.0. The van der Waals surface area contributed by atoms with Crippen LogP contribution in [0.2, 0.25) is 0 Å². The van der Waals surface area contributed by atoms with Crippen LogP contribution in [0.5, 0.6) is 0 Å². The molecule has 0 aromatic heterocycles. The first-order valence-electron chi connectivity index (χ1n) is 26.4. The maximum Gasteiger partial charge on any atom is 0.326 e. The van der Waals surface area contributed by atoms with Gasteiger partial charge in [-0.05, 0) is 75.3 Å². The van der Waals surface area contributed by atoms with E-state index in [-0.39, 0.29) is 102 Å². The minimum atomic E-state index is -1.62. The third kappa shape index (κ3) is 21.3. The minimum Gasteiger partial charge on any atom is -0.480 e. The molecule has 80 heavy (non-hydrogen) atoms. The van der Waals surface area contributed by atoms with Gasteiger partial charge in [0, 0.05) is 45.6 Å². The van der Waals surface area contributed by atoms with Crippen LogP contribution in [0.4, 0.5) is 0 Å². The lowest BCUT2D eigenvalue weighted by Gasteiger charge is -2.30. The van der Waals surface area contributed by atoms with Crippen LogP contribution in [0.25, 0.3) is 0 Å². The lowest BCUT2D eigenvalue weighted by Crippen LogP contribution is -2.60. The van der Waals surface area contributed by atoms with E-state index in [1.165, 1.54) is 9.80 Å². The molecular weight excluding hydrogens is 1040 g/mol. The van der Waals surface area contributed by atoms with Crippen molar-refractivity contribution >= 4 is 71.1 Å². The summed E-state index contributed by atoms with van der Waals surface area (Å²) in [5.41, 5.74) is 39.9. The predicted molar refractivity (Wildman–Crippen MR) is 295 cm³/mol. The fourth-order valence-electron chi connectivity index (χ4n) is 9.12. The van der Waals surface area contributed by atoms with Gasteiger partial charge in [0.1, 0.15) is 42.3 Å². The van der Waals surface area contributed by atoms with Gasteiger partial charge >= 0.3 is 5.97 Å². The number of nitrogens with two attached hydrogens (primary N) is 7. The molecule has 2 heterocycles. The zero-order valence-electron chi connectivity index (χ0n) is 44.7. The zero-order valence-corrected chi connectivity index (χ0v) is 44.7. The number of carbonyl (C=O) groups is 9. The second kappa shape index (κ2) is 33.0. The van der Waals surface area contributed by atoms with Gasteiger partial charge in [0.2, 0.25) is 47.3 Å². The first-order chi connectivity index (χ1) is 38.2. The fraction of sp³-hybridized carbons (Fsp3) is 0.529. The topological polar surface area (TPSA) is 492 Å². The van der Waals surface area contributed by atoms with Gasteiger partial charge in [0.15, 0.2) is 17.9 Å². The number of aliphatic imine (C=N–C) groups is 3. The van der Waals surface area contributed by atoms with E-state index in [2.05, 4.69) is 46.9 Å². The van der Waals surface area contributed by atoms with Crippen molar-refractivity contribution in [3.8, 4) is 0 Å². The molecule has 29 heteroatoms. The number of aliphatic carboxylic acids is 1. The Morgan fingerprint density at radius 3 is 1.43 bits per heavy atom. The lowest BCUT2D eigenvalue weighted by molar-refractivity contribution is -0.144. The van der Waals surface area contributed by atoms with Crippen LogP contribution < -0.4 is 72.0 Å². The van der Waals surface area contributed by atoms with Crippen molar-refractivity contribution in [3.05, 3.63) is 71.8 Å². The number of likely N-dealkylation sites (tertiary alicyclic amines) is 2. The van der Waals surface area contributed by atoms with Gasteiger partial charge < -0.3 is 92.0 Å². The number of amides is 8. The molecule has 4 rings (SSSR count). The van der Waals surface area contributed by atoms with Gasteiger partial charge in [-0.3, -0.25) is 53.3 Å². The Hall–Kier alpha value is -8.60. The zero-order chi connectivity index (χ0) is 58.7. The summed E-state index contributed by atoms with van der Waals surface area (Å²) in [7, 11) is 0. The summed E-state index contributed by atoms with van der Waals surface area (Å²) in [5.74, 6) is -7.80. The van der Waals surface area contributed by atoms with E-state index in [1.54, 1.807) is 60.7 Å². The van der Waals surface area contributed by atoms with Crippen molar-refractivity contribution in [2.75, 3.05) is 45.9 Å². The third-order valence-electron chi connectivity index (χ3n) is 13.2. The number of nitrogens with zero attached hydrogens (tertiary/aromatic N) is 5. The van der Waals surface area contributed by atoms with Crippen LogP contribution in [0, 0.1) is 0 Å². The molecule has 8 amide bonds. The van der Waals surface area contributed by atoms with E-state index in [0.717, 1.165) is 0 Å². The van der Waals surface area contributed by atoms with E-state index < -0.39 is 115 Å². The number of rotatable bonds is 32. The second-order valence-electron chi connectivity index (χ2n) is 19.3. The summed E-state index contributed by atoms with van der Waals surface area (Å²) < 4.78 is 0. The summed E-state index contributed by atoms with van der Waals surface area (Å²) in [5, 5.41) is 35.9. The summed E-state index contributed by atoms with van der Waals surface area (Å²) in [6, 6.07) is 7.21. The monoisotopic (exact) mass is 1120 g/mol. The Labute approximate surface area is 463 Å². The molecule has 0 spiro atoms. The van der Waals surface area contributed by atoms with Gasteiger partial charge in [-0.1, -0.05) is 60.7 Å². The molecule has 0 unspecified atom stereocenters. The van der Waals surface area contributed by atoms with Gasteiger partial charge in [0.25, 0.3) is 0 Å². The molecule has 2 saturated heterocycles. The Bertz CT molecular complexity index is 2510. The molecule has 22 N–H and O–H groups in total. The van der Waals surface area contributed by atoms with Crippen LogP contribution >= 0.6 is 0 Å². The van der Waals surface area contributed by atoms with Gasteiger partial charge in [0.05, 0.1) is 19.2 Å². The van der Waals surface area contributed by atoms with Crippen molar-refractivity contribution in [1.82, 2.24) is 41.7 Å². The SMILES string of the molecule is NC(N)=NCCC[C@H](NC(=O)[C@H](Cc1ccccc1)NC(=O)[C@@H]1CCCN1C(=O)[C@H](CO)NC(=O)[C@H](Cc1ccccc1)NC(=O)CNC(=O)[C@H](CCCN=C(N)N)NC(=O)[C@@H]1CCCN1C(=O)[C@@H](N)CCCN=C(N)N)C(=O)O. The first kappa shape index (κ1) is 63.9. The average Bonchev–Trinajstić information content (AvgIpc) is 4.18. The average molecular weight is 1120 g/mol. The molecule has 2 aliphatic heterocycles. The van der Waals surface area contributed by atoms with Crippen LogP contribution in [-0.4, -0.2) is 185 Å². The van der Waals surface area contributed by atoms with E-state index >= 15 is 0 Å². The van der Waals surface area contributed by atoms with Crippen LogP contribution in [0.1, 0.15) is 75.3 Å². The molecular formula is C51H78N18O11. The number of benzene rings is 2. The largest absolute Gasteiger partial charge is 0.480 e. The van der Waals surface area contributed by atoms with Crippen LogP contribution in [0.15, 0.2) is 75.6 Å². The number of carboxylic acid groups (broad SMARTS) is 1. The first-order valence-corrected chi connectivity index (χ1v) is 26.4. The number of aliphatic hydroxyl groups excluding tert-OH is 1. The number of hydrogen-bond acceptors (Lipinski definition) is 14. The Morgan fingerprint density at radius 1 is 0.537 bits per heavy atom. The maximum atomic E-state index is 14.2. The molecule has 29 nitrogen and oxygen atoms in total. The van der Waals surface area contributed by atoms with Gasteiger partial charge in [-0.25, -0.2) is 4.79 Å². The smallest absolute Gasteiger partial charge is 0.326 e. The molecule has 0 radical (unpaired) electrons. The molecule has 2 aromatic carbocycles. The van der Waals surface area contributed by atoms with Crippen LogP contribution in [0.3, 0.4) is 0 Å². The summed E-state index contributed by atoms with van der Waals surface area (Å²) >= 11 is 0. The standard InChI is InChI=1S/C51H78N18O11/c52-32(16-7-21-59-49(53)54)46(77)68-24-10-19-38(68)44(75)64-33(17-8-22-60-50(55)56)41(72)62-28-40(71)63-35(26-30-12-3-1-4-13-30)42(73)67-37(29-70)47(78)69-25-11-20-39(69)45(76)66-36(27-31-14-5-2-6-15-31)43(74)65-34(48(79)80)18-9-23-61-51(57)58/h1-6,12-15,32-39,70H,7-11,16-29,52H2,(H,62,72)(H,63,71)(H,64,75)(H,65,74)(H,66,76)(H,67,73)(H,79,80)(H4,53,54,59)(H4,55,56,60)(H4,57,58,61)/t32-,33-,34-,35-,36-,37-,38-,39-/m0/s1. The van der Waals surface area contributed by atoms with Crippen molar-refractivity contribution in [3.63, 3.8) is 0 Å². The molecule has 0 saturated carbocycles. The van der Waals surface area contributed by atoms with Gasteiger partial charge in [-0.15, -0.1) is 0 Å². The molecule has 0 bridgehead atoms. The highest BCUT2D eigenvalue weighted by Gasteiger charge is 2.41. The molecule has 438 valence electrons. The number of aliphatic hydroxyl groups is 1. The molecule has 8 atom stereocenters. The number of guanidine groups is 3. The van der Waals surface area contributed by atoms with E-state index in [0.29, 0.717) is 36.8 Å². The van der Waals surface area contributed by atoms with Gasteiger partial charge in [-0.2, -0.15) is 0 Å². The Morgan fingerprint density at radius 2 is 0.963 bits per heavy atom. The third-order valence-corrected chi connectivity index (χ3v) is 13.2. The predicted octanol–water partition coefficient (Wildman–Crippen LogP) is -5.44. The number of carbonyl (C=O) groups excluding carboxylic acids is 8. The maximum absolute atomic E-state index is 14.2. The quantitative estimate of drug-likeness (QED) is 0.0185. The Balaban J connectivity index is 1.45. The number of hydrogen-bond donors (Lipinski definition) is 15. The van der Waals surface area contributed by atoms with Crippen molar-refractivity contribution in [2.45, 2.75) is 125 Å². The summed E-state index contributed by atoms with van der Waals surface area (Å²) in [6.45, 7) is -0.860. The van der Waals surface area contributed by atoms with E-state index in [4.69, 9.17) is 40.1 Å². The Kier molecular flexibility index (Phi) is 26.4. The van der Waals surface area contributed by atoms with E-state index in [1.807, 2.05) is 0 Å². The number of carboxylic acids is 1. The number of nitrogens with one attached hydrogen (secondary N) is 6. The minimum absolute atomic E-state index is 0.0105. The molecule has 2 aliphatic rings. The highest BCUT2D eigenvalue weighted by atomic mass is 16.4. The summed E-state index contributed by atoms with van der Waals surface area (Å²) in [6.07, 6.45) is 2.18. The normalized spacial score (nSPS) is 16.9. The molecule has 2 aromatic rings. The molecule has 2 fully saturated rings. The molecule has 0 aliphatic carbocycles.